The standard InChI is InChI=1S/C13H17NO/c14-8-10-3-1-9-2-4-11(15)7-12(9)13(10)5-6-13/h2,4,7,10,15H,1,3,5-6,8,14H2. The van der Waals surface area contributed by atoms with Crippen molar-refractivity contribution in [3.63, 3.8) is 0 Å². The van der Waals surface area contributed by atoms with Gasteiger partial charge in [0.05, 0.1) is 0 Å². The number of aryl methyl sites for hydroxylation is 1. The minimum Gasteiger partial charge on any atom is -0.508 e. The third kappa shape index (κ3) is 1.21. The van der Waals surface area contributed by atoms with Gasteiger partial charge in [0.2, 0.25) is 0 Å². The molecule has 1 fully saturated rings. The van der Waals surface area contributed by atoms with E-state index in [1.807, 2.05) is 6.07 Å². The Morgan fingerprint density at radius 3 is 2.87 bits per heavy atom. The predicted octanol–water partition coefficient (Wildman–Crippen LogP) is 1.94. The van der Waals surface area contributed by atoms with Gasteiger partial charge in [-0.3, -0.25) is 0 Å². The molecular formula is C13H17NO. The molecule has 2 nitrogen and oxygen atoms in total. The van der Waals surface area contributed by atoms with Gasteiger partial charge in [0.15, 0.2) is 0 Å². The highest BCUT2D eigenvalue weighted by Gasteiger charge is 2.52. The summed E-state index contributed by atoms with van der Waals surface area (Å²) in [6.07, 6.45) is 4.85. The number of benzene rings is 1. The van der Waals surface area contributed by atoms with E-state index < -0.39 is 0 Å². The SMILES string of the molecule is NCC1CCc2ccc(O)cc2C12CC2. The predicted molar refractivity (Wildman–Crippen MR) is 59.9 cm³/mol. The lowest BCUT2D eigenvalue weighted by Gasteiger charge is -2.33. The summed E-state index contributed by atoms with van der Waals surface area (Å²) in [6, 6.07) is 5.85. The summed E-state index contributed by atoms with van der Waals surface area (Å²) in [5, 5.41) is 9.58. The molecule has 0 saturated heterocycles. The van der Waals surface area contributed by atoms with E-state index in [9.17, 15) is 5.11 Å². The van der Waals surface area contributed by atoms with Gasteiger partial charge in [-0.2, -0.15) is 0 Å². The second-order valence-electron chi connectivity index (χ2n) is 4.97. The normalized spacial score (nSPS) is 26.3. The summed E-state index contributed by atoms with van der Waals surface area (Å²) in [5.74, 6) is 1.03. The number of fused-ring (bicyclic) bond motifs is 2. The number of hydrogen-bond acceptors (Lipinski definition) is 2. The van der Waals surface area contributed by atoms with Gasteiger partial charge >= 0.3 is 0 Å². The molecule has 2 aliphatic carbocycles. The molecule has 1 atom stereocenters. The number of rotatable bonds is 1. The van der Waals surface area contributed by atoms with Gasteiger partial charge in [0, 0.05) is 0 Å². The van der Waals surface area contributed by atoms with Crippen LogP contribution in [-0.2, 0) is 11.8 Å². The zero-order valence-corrected chi connectivity index (χ0v) is 8.87. The number of hydrogen-bond donors (Lipinski definition) is 2. The van der Waals surface area contributed by atoms with Crippen molar-refractivity contribution in [2.45, 2.75) is 31.1 Å². The van der Waals surface area contributed by atoms with E-state index in [-0.39, 0.29) is 0 Å². The molecule has 0 radical (unpaired) electrons. The third-order valence-electron chi connectivity index (χ3n) is 4.25. The molecule has 1 aromatic carbocycles. The Morgan fingerprint density at radius 2 is 2.20 bits per heavy atom. The molecule has 1 spiro atoms. The lowest BCUT2D eigenvalue weighted by molar-refractivity contribution is 0.359. The zero-order chi connectivity index (χ0) is 10.5. The van der Waals surface area contributed by atoms with E-state index in [0.717, 1.165) is 13.0 Å². The number of nitrogens with two attached hydrogens (primary N) is 1. The largest absolute Gasteiger partial charge is 0.508 e. The fraction of sp³-hybridized carbons (Fsp3) is 0.538. The minimum absolute atomic E-state index is 0.334. The van der Waals surface area contributed by atoms with Crippen LogP contribution < -0.4 is 5.73 Å². The van der Waals surface area contributed by atoms with Crippen LogP contribution in [0, 0.1) is 5.92 Å². The van der Waals surface area contributed by atoms with Gasteiger partial charge in [0.1, 0.15) is 5.75 Å². The maximum Gasteiger partial charge on any atom is 0.115 e. The van der Waals surface area contributed by atoms with Crippen molar-refractivity contribution < 1.29 is 5.11 Å². The van der Waals surface area contributed by atoms with Crippen molar-refractivity contribution in [1.82, 2.24) is 0 Å². The van der Waals surface area contributed by atoms with Gasteiger partial charge in [0.25, 0.3) is 0 Å². The Kier molecular flexibility index (Phi) is 1.84. The van der Waals surface area contributed by atoms with Gasteiger partial charge in [-0.1, -0.05) is 6.07 Å². The van der Waals surface area contributed by atoms with E-state index in [1.54, 1.807) is 6.07 Å². The molecule has 2 heteroatoms. The maximum atomic E-state index is 9.58. The summed E-state index contributed by atoms with van der Waals surface area (Å²) in [4.78, 5) is 0. The molecule has 1 unspecified atom stereocenters. The quantitative estimate of drug-likeness (QED) is 0.732. The van der Waals surface area contributed by atoms with Crippen molar-refractivity contribution in [3.8, 4) is 5.75 Å². The van der Waals surface area contributed by atoms with Gasteiger partial charge in [-0.05, 0) is 66.8 Å². The van der Waals surface area contributed by atoms with Crippen LogP contribution in [-0.4, -0.2) is 11.7 Å². The van der Waals surface area contributed by atoms with Crippen LogP contribution in [0.25, 0.3) is 0 Å². The molecule has 0 amide bonds. The highest BCUT2D eigenvalue weighted by atomic mass is 16.3. The van der Waals surface area contributed by atoms with Crippen LogP contribution in [0.15, 0.2) is 18.2 Å². The summed E-state index contributed by atoms with van der Waals surface area (Å²) in [6.45, 7) is 0.787. The van der Waals surface area contributed by atoms with Crippen molar-refractivity contribution in [2.24, 2.45) is 11.7 Å². The minimum atomic E-state index is 0.334. The fourth-order valence-electron chi connectivity index (χ4n) is 3.23. The Hall–Kier alpha value is -1.02. The smallest absolute Gasteiger partial charge is 0.115 e. The van der Waals surface area contributed by atoms with Gasteiger partial charge in [-0.25, -0.2) is 0 Å². The Morgan fingerprint density at radius 1 is 1.40 bits per heavy atom. The average molecular weight is 203 g/mol. The molecule has 80 valence electrons. The van der Waals surface area contributed by atoms with Crippen molar-refractivity contribution >= 4 is 0 Å². The van der Waals surface area contributed by atoms with Gasteiger partial charge < -0.3 is 10.8 Å². The zero-order valence-electron chi connectivity index (χ0n) is 8.87. The van der Waals surface area contributed by atoms with Crippen molar-refractivity contribution in [3.05, 3.63) is 29.3 Å². The van der Waals surface area contributed by atoms with Gasteiger partial charge in [-0.15, -0.1) is 0 Å². The Balaban J connectivity index is 2.10. The lowest BCUT2D eigenvalue weighted by atomic mass is 9.72. The second-order valence-corrected chi connectivity index (χ2v) is 4.97. The molecule has 3 N–H and O–H groups in total. The molecule has 0 bridgehead atoms. The summed E-state index contributed by atoms with van der Waals surface area (Å²) in [7, 11) is 0. The molecule has 15 heavy (non-hydrogen) atoms. The highest BCUT2D eigenvalue weighted by Crippen LogP contribution is 2.58. The third-order valence-corrected chi connectivity index (χ3v) is 4.25. The van der Waals surface area contributed by atoms with Crippen LogP contribution in [0.1, 0.15) is 30.4 Å². The topological polar surface area (TPSA) is 46.2 Å². The highest BCUT2D eigenvalue weighted by molar-refractivity contribution is 5.45. The molecule has 0 heterocycles. The number of aromatic hydroxyl groups is 1. The fourth-order valence-corrected chi connectivity index (χ4v) is 3.23. The molecule has 1 aromatic rings. The Bertz CT molecular complexity index is 396. The van der Waals surface area contributed by atoms with Crippen LogP contribution in [0.5, 0.6) is 5.75 Å². The van der Waals surface area contributed by atoms with Crippen LogP contribution >= 0.6 is 0 Å². The first-order valence-corrected chi connectivity index (χ1v) is 5.79. The summed E-state index contributed by atoms with van der Waals surface area (Å²) in [5.41, 5.74) is 8.99. The molecular weight excluding hydrogens is 186 g/mol. The Labute approximate surface area is 90.1 Å². The molecule has 0 aliphatic heterocycles. The first kappa shape index (κ1) is 9.22. The summed E-state index contributed by atoms with van der Waals surface area (Å²) < 4.78 is 0. The van der Waals surface area contributed by atoms with Crippen molar-refractivity contribution in [1.29, 1.82) is 0 Å². The van der Waals surface area contributed by atoms with Crippen LogP contribution in [0.3, 0.4) is 0 Å². The van der Waals surface area contributed by atoms with Crippen LogP contribution in [0.4, 0.5) is 0 Å². The van der Waals surface area contributed by atoms with E-state index in [1.165, 1.54) is 30.4 Å². The van der Waals surface area contributed by atoms with E-state index >= 15 is 0 Å². The lowest BCUT2D eigenvalue weighted by Crippen LogP contribution is -2.32. The second kappa shape index (κ2) is 2.99. The molecule has 1 saturated carbocycles. The number of phenols is 1. The van der Waals surface area contributed by atoms with Crippen LogP contribution in [0.2, 0.25) is 0 Å². The van der Waals surface area contributed by atoms with Crippen molar-refractivity contribution in [2.75, 3.05) is 6.54 Å². The van der Waals surface area contributed by atoms with E-state index in [2.05, 4.69) is 6.07 Å². The number of phenolic OH excluding ortho intramolecular Hbond substituents is 1. The molecule has 2 aliphatic rings. The summed E-state index contributed by atoms with van der Waals surface area (Å²) >= 11 is 0. The molecule has 0 aromatic heterocycles. The monoisotopic (exact) mass is 203 g/mol. The first-order valence-electron chi connectivity index (χ1n) is 5.79. The maximum absolute atomic E-state index is 9.58. The average Bonchev–Trinajstić information content (AvgIpc) is 3.01. The van der Waals surface area contributed by atoms with E-state index in [0.29, 0.717) is 17.1 Å². The first-order chi connectivity index (χ1) is 7.26. The van der Waals surface area contributed by atoms with E-state index in [4.69, 9.17) is 5.73 Å². The molecule has 3 rings (SSSR count).